The van der Waals surface area contributed by atoms with E-state index in [4.69, 9.17) is 0 Å². The first-order valence-electron chi connectivity index (χ1n) is 21.6. The standard InChI is InChI=1S/C57H51N/c1-55(2)47-16-10-7-13-39(47)42-24-19-36(31-50(42)55)34-21-27-53-45(29-34)46-30-35(37-20-25-43-40-14-8-11-17-48(40)56(3,4)51(43)32-37)22-28-54(46)58(53)38-23-26-44-41-15-9-12-18-49(41)57(5,6)52(44)33-38/h7-27,30-31,33-34,37,54H,28-29,32H2,1-6H3. The van der Waals surface area contributed by atoms with Gasteiger partial charge in [-0.15, -0.1) is 0 Å². The van der Waals surface area contributed by atoms with Crippen molar-refractivity contribution in [1.29, 1.82) is 0 Å². The van der Waals surface area contributed by atoms with Crippen LogP contribution in [0.1, 0.15) is 106 Å². The van der Waals surface area contributed by atoms with Gasteiger partial charge >= 0.3 is 0 Å². The molecule has 284 valence electrons. The molecule has 0 spiro atoms. The lowest BCUT2D eigenvalue weighted by Crippen LogP contribution is -2.32. The van der Waals surface area contributed by atoms with Crippen molar-refractivity contribution in [3.8, 4) is 22.3 Å². The molecule has 1 heterocycles. The van der Waals surface area contributed by atoms with E-state index in [-0.39, 0.29) is 22.3 Å². The largest absolute Gasteiger partial charge is 0.333 e. The summed E-state index contributed by atoms with van der Waals surface area (Å²) in [6.07, 6.45) is 18.3. The molecular weight excluding hydrogens is 699 g/mol. The molecule has 0 saturated carbocycles. The summed E-state index contributed by atoms with van der Waals surface area (Å²) in [5.74, 6) is 0.710. The highest BCUT2D eigenvalue weighted by Gasteiger charge is 2.44. The van der Waals surface area contributed by atoms with E-state index < -0.39 is 0 Å². The van der Waals surface area contributed by atoms with E-state index in [0.717, 1.165) is 19.3 Å². The van der Waals surface area contributed by atoms with Gasteiger partial charge in [-0.25, -0.2) is 0 Å². The SMILES string of the molecule is CC1(C)C2=C(C=CC(C3=CCC4C(=C3)C3=C(C=CC(c5ccc6c(c5)C(C)(C)c5ccccc5-6)C3)N4c3ccc4c(c3)C(C)(C)c3ccccc3-4)C2)c2ccccc21. The maximum absolute atomic E-state index is 2.71. The quantitative estimate of drug-likeness (QED) is 0.178. The minimum atomic E-state index is -0.0415. The van der Waals surface area contributed by atoms with Gasteiger partial charge in [0.1, 0.15) is 0 Å². The number of anilines is 1. The molecule has 7 aliphatic rings. The second kappa shape index (κ2) is 11.7. The van der Waals surface area contributed by atoms with Crippen LogP contribution >= 0.6 is 0 Å². The lowest BCUT2D eigenvalue weighted by molar-refractivity contribution is 0.575. The first kappa shape index (κ1) is 34.4. The number of benzene rings is 5. The molecule has 1 nitrogen and oxygen atoms in total. The molecule has 0 N–H and O–H groups in total. The second-order valence-corrected chi connectivity index (χ2v) is 19.6. The average molecular weight is 750 g/mol. The Morgan fingerprint density at radius 1 is 0.534 bits per heavy atom. The van der Waals surface area contributed by atoms with Crippen LogP contribution in [0.15, 0.2) is 174 Å². The van der Waals surface area contributed by atoms with Gasteiger partial charge in [-0.3, -0.25) is 0 Å². The molecule has 0 saturated heterocycles. The van der Waals surface area contributed by atoms with Gasteiger partial charge in [-0.2, -0.15) is 0 Å². The molecule has 0 fully saturated rings. The molecule has 3 unspecified atom stereocenters. The molecule has 1 heteroatoms. The molecule has 6 aliphatic carbocycles. The van der Waals surface area contributed by atoms with Gasteiger partial charge in [0.15, 0.2) is 0 Å². The Hall–Kier alpha value is -5.66. The monoisotopic (exact) mass is 749 g/mol. The van der Waals surface area contributed by atoms with Gasteiger partial charge < -0.3 is 4.90 Å². The Morgan fingerprint density at radius 2 is 1.12 bits per heavy atom. The first-order chi connectivity index (χ1) is 28.0. The fraction of sp³-hybridized carbons (Fsp3) is 0.263. The summed E-state index contributed by atoms with van der Waals surface area (Å²) >= 11 is 0. The minimum Gasteiger partial charge on any atom is -0.333 e. The van der Waals surface area contributed by atoms with Crippen LogP contribution in [0.5, 0.6) is 0 Å². The van der Waals surface area contributed by atoms with Crippen molar-refractivity contribution in [2.45, 2.75) is 89.0 Å². The average Bonchev–Trinajstić information content (AvgIpc) is 3.86. The summed E-state index contributed by atoms with van der Waals surface area (Å²) < 4.78 is 0. The van der Waals surface area contributed by atoms with E-state index >= 15 is 0 Å². The van der Waals surface area contributed by atoms with E-state index in [0.29, 0.717) is 11.8 Å². The Balaban J connectivity index is 0.931. The van der Waals surface area contributed by atoms with E-state index in [1.165, 1.54) is 94.9 Å². The third kappa shape index (κ3) is 4.54. The minimum absolute atomic E-state index is 0.00926. The molecule has 5 aromatic rings. The Bertz CT molecular complexity index is 2860. The summed E-state index contributed by atoms with van der Waals surface area (Å²) in [6.45, 7) is 14.5. The molecule has 12 rings (SSSR count). The highest BCUT2D eigenvalue weighted by Crippen LogP contribution is 2.56. The van der Waals surface area contributed by atoms with Crippen molar-refractivity contribution in [2.24, 2.45) is 5.92 Å². The van der Waals surface area contributed by atoms with Crippen LogP contribution in [0.3, 0.4) is 0 Å². The van der Waals surface area contributed by atoms with E-state index in [9.17, 15) is 0 Å². The van der Waals surface area contributed by atoms with Crippen LogP contribution in [-0.4, -0.2) is 6.04 Å². The van der Waals surface area contributed by atoms with Crippen LogP contribution in [0.25, 0.3) is 27.8 Å². The van der Waals surface area contributed by atoms with Crippen LogP contribution < -0.4 is 4.90 Å². The number of nitrogens with zero attached hydrogens (tertiary/aromatic N) is 1. The summed E-state index contributed by atoms with van der Waals surface area (Å²) in [5.41, 5.74) is 26.0. The normalized spacial score (nSPS) is 24.3. The Labute approximate surface area is 344 Å². The summed E-state index contributed by atoms with van der Waals surface area (Å²) in [5, 5.41) is 0. The predicted octanol–water partition coefficient (Wildman–Crippen LogP) is 14.1. The zero-order chi connectivity index (χ0) is 39.3. The third-order valence-electron chi connectivity index (χ3n) is 15.6. The summed E-state index contributed by atoms with van der Waals surface area (Å²) in [6, 6.07) is 42.1. The van der Waals surface area contributed by atoms with Crippen LogP contribution in [0.4, 0.5) is 5.69 Å². The van der Waals surface area contributed by atoms with Crippen LogP contribution in [0, 0.1) is 5.92 Å². The van der Waals surface area contributed by atoms with Crippen LogP contribution in [0.2, 0.25) is 0 Å². The topological polar surface area (TPSA) is 3.24 Å². The molecule has 0 aromatic heterocycles. The maximum Gasteiger partial charge on any atom is 0.0629 e. The molecule has 58 heavy (non-hydrogen) atoms. The van der Waals surface area contributed by atoms with Crippen molar-refractivity contribution >= 4 is 11.3 Å². The predicted molar refractivity (Wildman–Crippen MR) is 242 cm³/mol. The summed E-state index contributed by atoms with van der Waals surface area (Å²) in [4.78, 5) is 2.71. The van der Waals surface area contributed by atoms with Crippen LogP contribution in [-0.2, 0) is 16.2 Å². The highest BCUT2D eigenvalue weighted by molar-refractivity contribution is 5.88. The van der Waals surface area contributed by atoms with Crippen molar-refractivity contribution < 1.29 is 0 Å². The molecular formula is C57H51N. The molecule has 0 bridgehead atoms. The van der Waals surface area contributed by atoms with Crippen molar-refractivity contribution in [3.05, 3.63) is 213 Å². The second-order valence-electron chi connectivity index (χ2n) is 19.6. The van der Waals surface area contributed by atoms with E-state index in [1.807, 2.05) is 0 Å². The number of fused-ring (bicyclic) bond motifs is 10. The van der Waals surface area contributed by atoms with Gasteiger partial charge in [0.05, 0.1) is 6.04 Å². The van der Waals surface area contributed by atoms with Gasteiger partial charge in [0, 0.05) is 39.5 Å². The fourth-order valence-corrected chi connectivity index (χ4v) is 12.4. The first-order valence-corrected chi connectivity index (χ1v) is 21.6. The Kier molecular flexibility index (Phi) is 6.95. The fourth-order valence-electron chi connectivity index (χ4n) is 12.4. The lowest BCUT2D eigenvalue weighted by Gasteiger charge is -2.34. The zero-order valence-corrected chi connectivity index (χ0v) is 34.7. The van der Waals surface area contributed by atoms with Crippen molar-refractivity contribution in [2.75, 3.05) is 4.90 Å². The maximum atomic E-state index is 2.71. The zero-order valence-electron chi connectivity index (χ0n) is 34.7. The van der Waals surface area contributed by atoms with Crippen molar-refractivity contribution in [3.63, 3.8) is 0 Å². The highest BCUT2D eigenvalue weighted by atomic mass is 15.2. The van der Waals surface area contributed by atoms with Gasteiger partial charge in [-0.1, -0.05) is 175 Å². The molecule has 0 radical (unpaired) electrons. The smallest absolute Gasteiger partial charge is 0.0629 e. The van der Waals surface area contributed by atoms with Gasteiger partial charge in [0.25, 0.3) is 0 Å². The number of hydrogen-bond donors (Lipinski definition) is 0. The number of allylic oxidation sites excluding steroid dienone is 8. The number of rotatable bonds is 3. The van der Waals surface area contributed by atoms with Crippen molar-refractivity contribution in [1.82, 2.24) is 0 Å². The Morgan fingerprint density at radius 3 is 1.83 bits per heavy atom. The van der Waals surface area contributed by atoms with E-state index in [1.54, 1.807) is 5.57 Å². The van der Waals surface area contributed by atoms with Gasteiger partial charge in [0.2, 0.25) is 0 Å². The lowest BCUT2D eigenvalue weighted by atomic mass is 9.73. The number of hydrogen-bond acceptors (Lipinski definition) is 1. The van der Waals surface area contributed by atoms with E-state index in [2.05, 4.69) is 192 Å². The van der Waals surface area contributed by atoms with Gasteiger partial charge in [-0.05, 0) is 121 Å². The molecule has 5 aromatic carbocycles. The summed E-state index contributed by atoms with van der Waals surface area (Å²) in [7, 11) is 0. The molecule has 0 amide bonds. The molecule has 1 aliphatic heterocycles. The molecule has 3 atom stereocenters. The third-order valence-corrected chi connectivity index (χ3v) is 15.6.